The van der Waals surface area contributed by atoms with Crippen molar-refractivity contribution in [3.8, 4) is 0 Å². The Kier molecular flexibility index (Phi) is 16.9. The molecule has 288 valence electrons. The van der Waals surface area contributed by atoms with Crippen LogP contribution in [0.25, 0.3) is 0 Å². The molecule has 0 bridgehead atoms. The maximum atomic E-state index is 12.7. The van der Waals surface area contributed by atoms with E-state index < -0.39 is 17.6 Å². The molecule has 4 amide bonds. The summed E-state index contributed by atoms with van der Waals surface area (Å²) in [6, 6.07) is 13.7. The second kappa shape index (κ2) is 22.0. The summed E-state index contributed by atoms with van der Waals surface area (Å²) in [5.41, 5.74) is -1.57. The molecule has 53 heavy (non-hydrogen) atoms. The molecule has 4 heterocycles. The van der Waals surface area contributed by atoms with Crippen LogP contribution >= 0.6 is 0 Å². The standard InChI is InChI=1S/C37H48N4O12/c42-31(9-11-33(44)38-21-27-5-1-15-50-27)37(25-48-19-13-35(46)40-23-29-7-3-17-52-29,26-49-20-14-36(47)41-24-30-8-4-18-53-30)32(43)10-12-34(45)39-22-28-6-2-16-51-28/h1-8,15-18,31-32,42-43H,9-14,19-26H2,(H,38,44)(H,39,45)(H,40,46)(H,41,47). The van der Waals surface area contributed by atoms with Crippen LogP contribution in [0, 0.1) is 5.41 Å². The van der Waals surface area contributed by atoms with Crippen molar-refractivity contribution in [2.45, 2.75) is 76.9 Å². The van der Waals surface area contributed by atoms with E-state index in [1.165, 1.54) is 25.1 Å². The highest BCUT2D eigenvalue weighted by Crippen LogP contribution is 2.34. The molecule has 0 aliphatic rings. The summed E-state index contributed by atoms with van der Waals surface area (Å²) in [5, 5.41) is 34.3. The lowest BCUT2D eigenvalue weighted by Crippen LogP contribution is -2.53. The van der Waals surface area contributed by atoms with Crippen LogP contribution in [-0.4, -0.2) is 72.5 Å². The van der Waals surface area contributed by atoms with Gasteiger partial charge in [-0.15, -0.1) is 0 Å². The molecule has 4 rings (SSSR count). The number of hydrogen-bond acceptors (Lipinski definition) is 12. The van der Waals surface area contributed by atoms with Crippen LogP contribution in [0.4, 0.5) is 0 Å². The fraction of sp³-hybridized carbons (Fsp3) is 0.459. The Balaban J connectivity index is 1.40. The van der Waals surface area contributed by atoms with Gasteiger partial charge >= 0.3 is 0 Å². The molecular weight excluding hydrogens is 692 g/mol. The molecule has 16 nitrogen and oxygen atoms in total. The number of furan rings is 4. The molecular formula is C37H48N4O12. The Morgan fingerprint density at radius 2 is 0.830 bits per heavy atom. The van der Waals surface area contributed by atoms with E-state index in [1.807, 2.05) is 0 Å². The fourth-order valence-corrected chi connectivity index (χ4v) is 5.36. The lowest BCUT2D eigenvalue weighted by Gasteiger charge is -2.41. The zero-order valence-electron chi connectivity index (χ0n) is 29.5. The van der Waals surface area contributed by atoms with Crippen LogP contribution in [0.15, 0.2) is 91.3 Å². The number of hydrogen-bond donors (Lipinski definition) is 6. The average molecular weight is 741 g/mol. The molecule has 16 heteroatoms. The Morgan fingerprint density at radius 1 is 0.528 bits per heavy atom. The third-order valence-corrected chi connectivity index (χ3v) is 8.47. The number of carbonyl (C=O) groups excluding carboxylic acids is 4. The Labute approximate surface area is 306 Å². The van der Waals surface area contributed by atoms with Gasteiger partial charge in [-0.25, -0.2) is 0 Å². The number of carbonyl (C=O) groups is 4. The van der Waals surface area contributed by atoms with Crippen LogP contribution < -0.4 is 21.3 Å². The molecule has 0 saturated heterocycles. The van der Waals surface area contributed by atoms with Gasteiger partial charge in [0.05, 0.1) is 95.3 Å². The van der Waals surface area contributed by atoms with Crippen LogP contribution in [0.5, 0.6) is 0 Å². The summed E-state index contributed by atoms with van der Waals surface area (Å²) in [6.07, 6.45) is 2.70. The lowest BCUT2D eigenvalue weighted by molar-refractivity contribution is -0.158. The predicted molar refractivity (Wildman–Crippen MR) is 186 cm³/mol. The fourth-order valence-electron chi connectivity index (χ4n) is 5.36. The van der Waals surface area contributed by atoms with E-state index in [0.29, 0.717) is 23.0 Å². The number of ether oxygens (including phenoxy) is 2. The first-order chi connectivity index (χ1) is 25.7. The van der Waals surface area contributed by atoms with Crippen LogP contribution in [0.3, 0.4) is 0 Å². The van der Waals surface area contributed by atoms with E-state index in [1.54, 1.807) is 48.5 Å². The number of amides is 4. The molecule has 0 saturated carbocycles. The van der Waals surface area contributed by atoms with Gasteiger partial charge in [0.25, 0.3) is 0 Å². The van der Waals surface area contributed by atoms with Crippen molar-refractivity contribution in [1.82, 2.24) is 21.3 Å². The first-order valence-corrected chi connectivity index (χ1v) is 17.4. The minimum absolute atomic E-state index is 0.0377. The van der Waals surface area contributed by atoms with Crippen molar-refractivity contribution in [3.63, 3.8) is 0 Å². The van der Waals surface area contributed by atoms with Gasteiger partial charge in [0.2, 0.25) is 23.6 Å². The molecule has 0 fully saturated rings. The van der Waals surface area contributed by atoms with E-state index in [4.69, 9.17) is 27.1 Å². The van der Waals surface area contributed by atoms with Gasteiger partial charge in [-0.2, -0.15) is 0 Å². The second-order valence-electron chi connectivity index (χ2n) is 12.4. The number of nitrogens with one attached hydrogen (secondary N) is 4. The largest absolute Gasteiger partial charge is 0.467 e. The predicted octanol–water partition coefficient (Wildman–Crippen LogP) is 2.71. The molecule has 4 aromatic heterocycles. The maximum absolute atomic E-state index is 12.7. The zero-order valence-corrected chi connectivity index (χ0v) is 29.5. The van der Waals surface area contributed by atoms with Gasteiger partial charge in [-0.05, 0) is 61.4 Å². The van der Waals surface area contributed by atoms with Crippen LogP contribution in [0.2, 0.25) is 0 Å². The first-order valence-electron chi connectivity index (χ1n) is 17.4. The van der Waals surface area contributed by atoms with Gasteiger partial charge in [-0.3, -0.25) is 19.2 Å². The Morgan fingerprint density at radius 3 is 1.11 bits per heavy atom. The third-order valence-electron chi connectivity index (χ3n) is 8.47. The highest BCUT2D eigenvalue weighted by Gasteiger charge is 2.45. The molecule has 0 radical (unpaired) electrons. The summed E-state index contributed by atoms with van der Waals surface area (Å²) in [5.74, 6) is 0.899. The maximum Gasteiger partial charge on any atom is 0.222 e. The molecule has 6 N–H and O–H groups in total. The van der Waals surface area contributed by atoms with E-state index in [0.717, 1.165) is 0 Å². The minimum Gasteiger partial charge on any atom is -0.467 e. The molecule has 0 aromatic carbocycles. The number of aliphatic hydroxyl groups is 2. The highest BCUT2D eigenvalue weighted by atomic mass is 16.5. The quantitative estimate of drug-likeness (QED) is 0.0511. The zero-order chi connectivity index (χ0) is 37.7. The van der Waals surface area contributed by atoms with Crippen molar-refractivity contribution >= 4 is 23.6 Å². The summed E-state index contributed by atoms with van der Waals surface area (Å²) in [4.78, 5) is 50.4. The molecule has 4 aromatic rings. The molecule has 2 unspecified atom stereocenters. The van der Waals surface area contributed by atoms with Crippen molar-refractivity contribution in [2.24, 2.45) is 5.41 Å². The van der Waals surface area contributed by atoms with Gasteiger partial charge in [0.15, 0.2) is 0 Å². The van der Waals surface area contributed by atoms with Gasteiger partial charge in [-0.1, -0.05) is 0 Å². The second-order valence-corrected chi connectivity index (χ2v) is 12.4. The van der Waals surface area contributed by atoms with Gasteiger partial charge < -0.3 is 58.6 Å². The van der Waals surface area contributed by atoms with E-state index in [9.17, 15) is 29.4 Å². The summed E-state index contributed by atoms with van der Waals surface area (Å²) in [6.45, 7) is -0.0551. The summed E-state index contributed by atoms with van der Waals surface area (Å²) < 4.78 is 32.8. The van der Waals surface area contributed by atoms with E-state index in [-0.39, 0.29) is 115 Å². The number of rotatable bonds is 26. The summed E-state index contributed by atoms with van der Waals surface area (Å²) >= 11 is 0. The van der Waals surface area contributed by atoms with Crippen molar-refractivity contribution < 1.29 is 56.5 Å². The lowest BCUT2D eigenvalue weighted by atomic mass is 9.74. The molecule has 2 atom stereocenters. The smallest absolute Gasteiger partial charge is 0.222 e. The minimum atomic E-state index is -1.57. The van der Waals surface area contributed by atoms with Gasteiger partial charge in [0, 0.05) is 25.7 Å². The Bertz CT molecular complexity index is 1480. The highest BCUT2D eigenvalue weighted by molar-refractivity contribution is 5.77. The van der Waals surface area contributed by atoms with E-state index in [2.05, 4.69) is 21.3 Å². The van der Waals surface area contributed by atoms with E-state index >= 15 is 0 Å². The molecule has 0 aliphatic carbocycles. The van der Waals surface area contributed by atoms with Crippen molar-refractivity contribution in [3.05, 3.63) is 96.6 Å². The SMILES string of the molecule is O=C(CCOCC(COCCC(=O)NCc1ccco1)(C(O)CCC(=O)NCc1ccco1)C(O)CCC(=O)NCc1ccco1)NCc1ccco1. The van der Waals surface area contributed by atoms with Crippen LogP contribution in [0.1, 0.15) is 61.6 Å². The summed E-state index contributed by atoms with van der Waals surface area (Å²) in [7, 11) is 0. The third kappa shape index (κ3) is 14.4. The average Bonchev–Trinajstić information content (AvgIpc) is 4.01. The van der Waals surface area contributed by atoms with Crippen molar-refractivity contribution in [1.29, 1.82) is 0 Å². The van der Waals surface area contributed by atoms with Crippen molar-refractivity contribution in [2.75, 3.05) is 26.4 Å². The first kappa shape index (κ1) is 40.6. The normalized spacial score (nSPS) is 12.6. The Hall–Kier alpha value is -5.16. The molecule has 0 aliphatic heterocycles. The number of aliphatic hydroxyl groups excluding tert-OH is 2. The topological polar surface area (TPSA) is 228 Å². The van der Waals surface area contributed by atoms with Crippen LogP contribution in [-0.2, 0) is 54.8 Å². The monoisotopic (exact) mass is 740 g/mol. The van der Waals surface area contributed by atoms with Gasteiger partial charge in [0.1, 0.15) is 23.0 Å². The molecule has 0 spiro atoms.